The van der Waals surface area contributed by atoms with Gasteiger partial charge in [0, 0.05) is 48.9 Å². The number of hydrogen-bond donors (Lipinski definition) is 1. The number of azide groups is 1. The van der Waals surface area contributed by atoms with E-state index in [4.69, 9.17) is 10.3 Å². The molecule has 0 unspecified atom stereocenters. The van der Waals surface area contributed by atoms with Crippen molar-refractivity contribution in [3.8, 4) is 0 Å². The van der Waals surface area contributed by atoms with Crippen LogP contribution in [0.5, 0.6) is 0 Å². The summed E-state index contributed by atoms with van der Waals surface area (Å²) in [5.74, 6) is -0.790. The molecular weight excluding hydrogens is 450 g/mol. The molecule has 0 spiro atoms. The lowest BCUT2D eigenvalue weighted by Crippen LogP contribution is -2.60. The first-order valence-corrected chi connectivity index (χ1v) is 12.3. The molecule has 1 saturated carbocycles. The average Bonchev–Trinajstić information content (AvgIpc) is 3.58. The highest BCUT2D eigenvalue weighted by Gasteiger charge is 2.56. The minimum atomic E-state index is -1.08. The second kappa shape index (κ2) is 9.49. The number of rotatable bonds is 5. The van der Waals surface area contributed by atoms with Crippen LogP contribution in [-0.2, 0) is 14.3 Å². The summed E-state index contributed by atoms with van der Waals surface area (Å²) in [5, 5.41) is 6.78. The second-order valence-electron chi connectivity index (χ2n) is 10.00. The van der Waals surface area contributed by atoms with Crippen LogP contribution in [0.3, 0.4) is 0 Å². The molecule has 1 aliphatic carbocycles. The summed E-state index contributed by atoms with van der Waals surface area (Å²) in [7, 11) is 2.11. The Labute approximate surface area is 204 Å². The van der Waals surface area contributed by atoms with Crippen LogP contribution in [0.4, 0.5) is 5.69 Å². The number of likely N-dealkylation sites (N-methyl/N-ethyl adjacent to an activating group) is 1. The Morgan fingerprint density at radius 3 is 2.49 bits per heavy atom. The van der Waals surface area contributed by atoms with Crippen molar-refractivity contribution in [2.24, 2.45) is 5.11 Å². The van der Waals surface area contributed by atoms with E-state index in [0.717, 1.165) is 44.7 Å². The molecule has 186 valence electrons. The number of Topliss-reactive ketones (excluding diaryl/α,β-unsaturated/α-hetero) is 1. The van der Waals surface area contributed by atoms with Crippen molar-refractivity contribution >= 4 is 23.3 Å². The normalized spacial score (nSPS) is 28.0. The smallest absolute Gasteiger partial charge is 0.252 e. The number of anilines is 1. The van der Waals surface area contributed by atoms with E-state index in [1.807, 2.05) is 12.1 Å². The topological polar surface area (TPSA) is 131 Å². The SMILES string of the molecule is CN1CCN(c2ccc(C(=O)NC3(C(=O)N4C[C@@H](N=[N+]=[N-])[C@H]5OCC(=O)[C@H]54)CCCC3)cc2)CC1. The number of fused-ring (bicyclic) bond motifs is 1. The van der Waals surface area contributed by atoms with Crippen molar-refractivity contribution in [1.29, 1.82) is 0 Å². The van der Waals surface area contributed by atoms with Crippen LogP contribution in [0.1, 0.15) is 36.0 Å². The van der Waals surface area contributed by atoms with Gasteiger partial charge < -0.3 is 24.8 Å². The standard InChI is InChI=1S/C24H31N7O4/c1-29-10-12-30(13-11-29)17-6-4-16(5-7-17)22(33)26-24(8-2-3-9-24)23(34)31-14-18(27-28-25)21-20(31)19(32)15-35-21/h4-7,18,20-21H,2-3,8-15H2,1H3,(H,26,33)/t18-,20-,21-/m1/s1. The molecular formula is C24H31N7O4. The van der Waals surface area contributed by atoms with E-state index in [2.05, 4.69) is 32.2 Å². The van der Waals surface area contributed by atoms with Crippen molar-refractivity contribution in [2.45, 2.75) is 49.4 Å². The minimum Gasteiger partial charge on any atom is -0.369 e. The van der Waals surface area contributed by atoms with E-state index < -0.39 is 23.7 Å². The van der Waals surface area contributed by atoms with Crippen molar-refractivity contribution < 1.29 is 19.1 Å². The van der Waals surface area contributed by atoms with Gasteiger partial charge in [0.15, 0.2) is 5.78 Å². The summed E-state index contributed by atoms with van der Waals surface area (Å²) in [6, 6.07) is 6.12. The van der Waals surface area contributed by atoms with Gasteiger partial charge in [-0.15, -0.1) is 0 Å². The molecule has 5 rings (SSSR count). The fourth-order valence-electron chi connectivity index (χ4n) is 5.83. The van der Waals surface area contributed by atoms with Crippen LogP contribution < -0.4 is 10.2 Å². The lowest BCUT2D eigenvalue weighted by Gasteiger charge is -2.35. The number of carbonyl (C=O) groups excluding carboxylic acids is 3. The molecule has 2 amide bonds. The van der Waals surface area contributed by atoms with Crippen LogP contribution in [0.15, 0.2) is 29.4 Å². The van der Waals surface area contributed by atoms with Gasteiger partial charge >= 0.3 is 0 Å². The van der Waals surface area contributed by atoms with Crippen molar-refractivity contribution in [3.63, 3.8) is 0 Å². The molecule has 4 aliphatic rings. The van der Waals surface area contributed by atoms with E-state index in [1.54, 1.807) is 12.1 Å². The van der Waals surface area contributed by atoms with Gasteiger partial charge in [-0.3, -0.25) is 14.4 Å². The number of nitrogens with one attached hydrogen (secondary N) is 1. The molecule has 0 aromatic heterocycles. The van der Waals surface area contributed by atoms with Crippen LogP contribution >= 0.6 is 0 Å². The summed E-state index contributed by atoms with van der Waals surface area (Å²) in [4.78, 5) is 48.5. The molecule has 11 nitrogen and oxygen atoms in total. The van der Waals surface area contributed by atoms with E-state index in [9.17, 15) is 14.4 Å². The minimum absolute atomic E-state index is 0.102. The average molecular weight is 482 g/mol. The van der Waals surface area contributed by atoms with Crippen LogP contribution in [0.25, 0.3) is 10.4 Å². The van der Waals surface area contributed by atoms with Gasteiger partial charge in [0.1, 0.15) is 18.2 Å². The van der Waals surface area contributed by atoms with Crippen LogP contribution in [0, 0.1) is 0 Å². The molecule has 1 aromatic rings. The zero-order valence-electron chi connectivity index (χ0n) is 19.9. The highest BCUT2D eigenvalue weighted by molar-refractivity contribution is 6.01. The zero-order valence-corrected chi connectivity index (χ0v) is 19.9. The number of ether oxygens (including phenoxy) is 1. The lowest BCUT2D eigenvalue weighted by atomic mass is 9.93. The molecule has 1 N–H and O–H groups in total. The van der Waals surface area contributed by atoms with Gasteiger partial charge in [0.25, 0.3) is 5.91 Å². The number of ketones is 1. The maximum atomic E-state index is 13.8. The van der Waals surface area contributed by atoms with E-state index in [1.165, 1.54) is 4.90 Å². The summed E-state index contributed by atoms with van der Waals surface area (Å²) >= 11 is 0. The molecule has 0 radical (unpaired) electrons. The Morgan fingerprint density at radius 2 is 1.83 bits per heavy atom. The highest BCUT2D eigenvalue weighted by atomic mass is 16.5. The number of nitrogens with zero attached hydrogens (tertiary/aromatic N) is 6. The first-order chi connectivity index (χ1) is 16.9. The summed E-state index contributed by atoms with van der Waals surface area (Å²) in [6.07, 6.45) is 2.00. The van der Waals surface area contributed by atoms with Crippen molar-refractivity contribution in [2.75, 3.05) is 51.3 Å². The summed E-state index contributed by atoms with van der Waals surface area (Å²) in [5.41, 5.74) is 9.40. The van der Waals surface area contributed by atoms with Gasteiger partial charge in [0.2, 0.25) is 5.91 Å². The lowest BCUT2D eigenvalue weighted by molar-refractivity contribution is -0.142. The number of amides is 2. The van der Waals surface area contributed by atoms with Crippen molar-refractivity contribution in [3.05, 3.63) is 40.3 Å². The Bertz CT molecular complexity index is 1040. The molecule has 4 fully saturated rings. The molecule has 0 bridgehead atoms. The van der Waals surface area contributed by atoms with Crippen LogP contribution in [-0.4, -0.2) is 97.5 Å². The zero-order chi connectivity index (χ0) is 24.6. The molecule has 3 heterocycles. The number of likely N-dealkylation sites (tertiary alicyclic amines) is 1. The van der Waals surface area contributed by atoms with Gasteiger partial charge in [-0.2, -0.15) is 0 Å². The first-order valence-electron chi connectivity index (χ1n) is 12.3. The fraction of sp³-hybridized carbons (Fsp3) is 0.625. The second-order valence-corrected chi connectivity index (χ2v) is 10.00. The number of benzene rings is 1. The molecule has 11 heteroatoms. The molecule has 3 saturated heterocycles. The largest absolute Gasteiger partial charge is 0.369 e. The molecule has 1 aromatic carbocycles. The van der Waals surface area contributed by atoms with Crippen LogP contribution in [0.2, 0.25) is 0 Å². The summed E-state index contributed by atoms with van der Waals surface area (Å²) < 4.78 is 5.55. The van der Waals surface area contributed by atoms with Gasteiger partial charge in [0.05, 0.1) is 12.1 Å². The monoisotopic (exact) mass is 481 g/mol. The summed E-state index contributed by atoms with van der Waals surface area (Å²) in [6.45, 7) is 3.89. The first kappa shape index (κ1) is 23.6. The third-order valence-electron chi connectivity index (χ3n) is 7.84. The number of carbonyl (C=O) groups is 3. The maximum Gasteiger partial charge on any atom is 0.252 e. The Balaban J connectivity index is 1.32. The molecule has 35 heavy (non-hydrogen) atoms. The predicted octanol–water partition coefficient (Wildman–Crippen LogP) is 1.34. The number of piperazine rings is 1. The third-order valence-corrected chi connectivity index (χ3v) is 7.84. The molecule has 3 aliphatic heterocycles. The Kier molecular flexibility index (Phi) is 6.39. The Morgan fingerprint density at radius 1 is 1.14 bits per heavy atom. The Hall–Kier alpha value is -3.14. The van der Waals surface area contributed by atoms with Gasteiger partial charge in [-0.25, -0.2) is 0 Å². The quantitative estimate of drug-likeness (QED) is 0.384. The number of hydrogen-bond acceptors (Lipinski definition) is 7. The predicted molar refractivity (Wildman–Crippen MR) is 128 cm³/mol. The third kappa shape index (κ3) is 4.35. The fourth-order valence-corrected chi connectivity index (χ4v) is 5.83. The molecule has 3 atom stereocenters. The highest BCUT2D eigenvalue weighted by Crippen LogP contribution is 2.37. The van der Waals surface area contributed by atoms with Gasteiger partial charge in [-0.05, 0) is 49.7 Å². The maximum absolute atomic E-state index is 13.8. The van der Waals surface area contributed by atoms with Crippen molar-refractivity contribution in [1.82, 2.24) is 15.1 Å². The van der Waals surface area contributed by atoms with Gasteiger partial charge in [-0.1, -0.05) is 18.0 Å². The van der Waals surface area contributed by atoms with E-state index in [0.29, 0.717) is 18.4 Å². The van der Waals surface area contributed by atoms with E-state index in [-0.39, 0.29) is 30.7 Å². The van der Waals surface area contributed by atoms with E-state index >= 15 is 0 Å².